The highest BCUT2D eigenvalue weighted by molar-refractivity contribution is 5.41. The number of aromatic amines is 1. The van der Waals surface area contributed by atoms with Crippen molar-refractivity contribution < 1.29 is 9.47 Å². The van der Waals surface area contributed by atoms with Gasteiger partial charge in [0.25, 0.3) is 0 Å². The largest absolute Gasteiger partial charge is 0.481 e. The van der Waals surface area contributed by atoms with Crippen LogP contribution in [-0.4, -0.2) is 58.1 Å². The van der Waals surface area contributed by atoms with Crippen molar-refractivity contribution in [2.24, 2.45) is 11.8 Å². The molecule has 4 heterocycles. The van der Waals surface area contributed by atoms with Crippen molar-refractivity contribution in [2.75, 3.05) is 31.7 Å². The van der Waals surface area contributed by atoms with Crippen LogP contribution in [0.2, 0.25) is 0 Å². The summed E-state index contributed by atoms with van der Waals surface area (Å²) >= 11 is 0. The van der Waals surface area contributed by atoms with Crippen LogP contribution in [0.3, 0.4) is 0 Å². The fourth-order valence-electron chi connectivity index (χ4n) is 3.78. The third kappa shape index (κ3) is 2.93. The Morgan fingerprint density at radius 3 is 3.12 bits per heavy atom. The van der Waals surface area contributed by atoms with Crippen molar-refractivity contribution in [2.45, 2.75) is 25.9 Å². The number of hydrogen-bond donors (Lipinski definition) is 1. The fraction of sp³-hybridized carbons (Fsp3) is 0.625. The Labute approximate surface area is 140 Å². The molecule has 128 valence electrons. The molecule has 8 heteroatoms. The number of H-pyrrole nitrogens is 1. The predicted octanol–water partition coefficient (Wildman–Crippen LogP) is 0.996. The lowest BCUT2D eigenvalue weighted by Crippen LogP contribution is -2.42. The van der Waals surface area contributed by atoms with E-state index in [-0.39, 0.29) is 6.10 Å². The molecule has 0 bridgehead atoms. The second kappa shape index (κ2) is 6.35. The number of aryl methyl sites for hydroxylation is 1. The molecule has 0 aromatic carbocycles. The Bertz CT molecular complexity index is 705. The Kier molecular flexibility index (Phi) is 4.05. The highest BCUT2D eigenvalue weighted by Crippen LogP contribution is 2.36. The molecule has 2 aliphatic heterocycles. The third-order valence-corrected chi connectivity index (χ3v) is 4.98. The number of nitrogens with one attached hydrogen (secondary N) is 1. The molecule has 0 unspecified atom stereocenters. The summed E-state index contributed by atoms with van der Waals surface area (Å²) in [6.07, 6.45) is 3.64. The summed E-state index contributed by atoms with van der Waals surface area (Å²) in [7, 11) is 1.62. The van der Waals surface area contributed by atoms with E-state index >= 15 is 0 Å². The van der Waals surface area contributed by atoms with Crippen LogP contribution in [-0.2, 0) is 11.2 Å². The van der Waals surface area contributed by atoms with Crippen LogP contribution in [0.5, 0.6) is 5.88 Å². The van der Waals surface area contributed by atoms with Crippen molar-refractivity contribution >= 4 is 5.82 Å². The highest BCUT2D eigenvalue weighted by atomic mass is 16.5. The lowest BCUT2D eigenvalue weighted by molar-refractivity contribution is 0.0879. The van der Waals surface area contributed by atoms with Gasteiger partial charge in [-0.3, -0.25) is 5.10 Å². The highest BCUT2D eigenvalue weighted by Gasteiger charge is 2.41. The van der Waals surface area contributed by atoms with Gasteiger partial charge in [-0.05, 0) is 19.3 Å². The van der Waals surface area contributed by atoms with E-state index in [1.165, 1.54) is 0 Å². The molecule has 0 aliphatic carbocycles. The summed E-state index contributed by atoms with van der Waals surface area (Å²) in [6.45, 7) is 4.63. The number of nitrogens with zero attached hydrogens (tertiary/aromatic N) is 5. The Morgan fingerprint density at radius 2 is 2.33 bits per heavy atom. The van der Waals surface area contributed by atoms with Crippen LogP contribution in [0.1, 0.15) is 18.1 Å². The fourth-order valence-corrected chi connectivity index (χ4v) is 3.78. The zero-order chi connectivity index (χ0) is 16.5. The predicted molar refractivity (Wildman–Crippen MR) is 87.0 cm³/mol. The summed E-state index contributed by atoms with van der Waals surface area (Å²) < 4.78 is 11.3. The first-order valence-electron chi connectivity index (χ1n) is 8.33. The van der Waals surface area contributed by atoms with Gasteiger partial charge in [0.2, 0.25) is 5.88 Å². The summed E-state index contributed by atoms with van der Waals surface area (Å²) in [4.78, 5) is 15.2. The minimum Gasteiger partial charge on any atom is -0.481 e. The first-order valence-corrected chi connectivity index (χ1v) is 8.33. The SMILES string of the molecule is COc1cc(N2CC[C@@H]3[C@@H](CO[C@H]3Cc3n[nH]c(C)n3)C2)ncn1. The molecule has 4 rings (SSSR count). The van der Waals surface area contributed by atoms with Gasteiger partial charge < -0.3 is 14.4 Å². The second-order valence-electron chi connectivity index (χ2n) is 6.49. The molecule has 8 nitrogen and oxygen atoms in total. The van der Waals surface area contributed by atoms with Gasteiger partial charge in [0.15, 0.2) is 5.82 Å². The van der Waals surface area contributed by atoms with Crippen molar-refractivity contribution in [3.05, 3.63) is 24.0 Å². The quantitative estimate of drug-likeness (QED) is 0.894. The lowest BCUT2D eigenvalue weighted by atomic mass is 9.83. The van der Waals surface area contributed by atoms with Crippen molar-refractivity contribution in [1.82, 2.24) is 25.1 Å². The molecule has 2 saturated heterocycles. The number of aromatic nitrogens is 5. The van der Waals surface area contributed by atoms with Crippen LogP contribution in [0.4, 0.5) is 5.82 Å². The molecule has 0 saturated carbocycles. The summed E-state index contributed by atoms with van der Waals surface area (Å²) in [5.74, 6) is 4.30. The average molecular weight is 330 g/mol. The Balaban J connectivity index is 1.42. The molecule has 1 N–H and O–H groups in total. The van der Waals surface area contributed by atoms with E-state index in [0.717, 1.165) is 50.0 Å². The zero-order valence-electron chi connectivity index (χ0n) is 14.0. The molecular weight excluding hydrogens is 308 g/mol. The summed E-state index contributed by atoms with van der Waals surface area (Å²) in [6, 6.07) is 1.89. The Hall–Kier alpha value is -2.22. The van der Waals surface area contributed by atoms with E-state index in [1.54, 1.807) is 13.4 Å². The molecule has 0 radical (unpaired) electrons. The molecule has 2 aliphatic rings. The number of methoxy groups -OCH3 is 1. The van der Waals surface area contributed by atoms with Gasteiger partial charge in [-0.25, -0.2) is 15.0 Å². The Morgan fingerprint density at radius 1 is 1.42 bits per heavy atom. The van der Waals surface area contributed by atoms with Crippen molar-refractivity contribution in [3.63, 3.8) is 0 Å². The molecular formula is C16H22N6O2. The maximum absolute atomic E-state index is 6.06. The summed E-state index contributed by atoms with van der Waals surface area (Å²) in [5.41, 5.74) is 0. The standard InChI is InChI=1S/C16H22N6O2/c1-10-19-14(21-20-10)5-13-12-3-4-22(7-11(12)8-24-13)15-6-16(23-2)18-9-17-15/h6,9,11-13H,3-5,7-8H2,1-2H3,(H,19,20,21)/t11-,12-,13+/m1/s1. The minimum absolute atomic E-state index is 0.215. The first-order chi connectivity index (χ1) is 11.7. The first kappa shape index (κ1) is 15.3. The zero-order valence-corrected chi connectivity index (χ0v) is 14.0. The lowest BCUT2D eigenvalue weighted by Gasteiger charge is -2.36. The van der Waals surface area contributed by atoms with Crippen molar-refractivity contribution in [3.8, 4) is 5.88 Å². The molecule has 0 spiro atoms. The van der Waals surface area contributed by atoms with Crippen LogP contribution >= 0.6 is 0 Å². The number of piperidine rings is 1. The smallest absolute Gasteiger partial charge is 0.218 e. The van der Waals surface area contributed by atoms with E-state index in [0.29, 0.717) is 17.7 Å². The van der Waals surface area contributed by atoms with Crippen LogP contribution < -0.4 is 9.64 Å². The molecule has 24 heavy (non-hydrogen) atoms. The molecule has 0 amide bonds. The molecule has 2 aromatic rings. The van der Waals surface area contributed by atoms with E-state index in [1.807, 2.05) is 13.0 Å². The second-order valence-corrected chi connectivity index (χ2v) is 6.49. The molecule has 3 atom stereocenters. The van der Waals surface area contributed by atoms with Crippen molar-refractivity contribution in [1.29, 1.82) is 0 Å². The molecule has 2 fully saturated rings. The van der Waals surface area contributed by atoms with Crippen LogP contribution in [0.25, 0.3) is 0 Å². The monoisotopic (exact) mass is 330 g/mol. The van der Waals surface area contributed by atoms with E-state index in [2.05, 4.69) is 30.0 Å². The maximum Gasteiger partial charge on any atom is 0.218 e. The van der Waals surface area contributed by atoms with Gasteiger partial charge in [0.05, 0.1) is 19.8 Å². The number of fused-ring (bicyclic) bond motifs is 1. The minimum atomic E-state index is 0.215. The van der Waals surface area contributed by atoms with E-state index < -0.39 is 0 Å². The van der Waals surface area contributed by atoms with Gasteiger partial charge in [-0.15, -0.1) is 0 Å². The summed E-state index contributed by atoms with van der Waals surface area (Å²) in [5, 5.41) is 7.14. The number of rotatable bonds is 4. The van der Waals surface area contributed by atoms with Gasteiger partial charge in [-0.1, -0.05) is 0 Å². The number of anilines is 1. The van der Waals surface area contributed by atoms with Gasteiger partial charge in [0, 0.05) is 31.5 Å². The normalized spacial score (nSPS) is 26.4. The van der Waals surface area contributed by atoms with Crippen LogP contribution in [0, 0.1) is 18.8 Å². The third-order valence-electron chi connectivity index (χ3n) is 4.98. The maximum atomic E-state index is 6.06. The average Bonchev–Trinajstić information content (AvgIpc) is 3.21. The van der Waals surface area contributed by atoms with Gasteiger partial charge in [0.1, 0.15) is 18.0 Å². The van der Waals surface area contributed by atoms with E-state index in [9.17, 15) is 0 Å². The number of ether oxygens (including phenoxy) is 2. The topological polar surface area (TPSA) is 89.0 Å². The molecule has 2 aromatic heterocycles. The van der Waals surface area contributed by atoms with Crippen LogP contribution in [0.15, 0.2) is 12.4 Å². The van der Waals surface area contributed by atoms with Gasteiger partial charge >= 0.3 is 0 Å². The van der Waals surface area contributed by atoms with E-state index in [4.69, 9.17) is 9.47 Å². The number of hydrogen-bond acceptors (Lipinski definition) is 7. The van der Waals surface area contributed by atoms with Gasteiger partial charge in [-0.2, -0.15) is 5.10 Å².